The first-order valence-corrected chi connectivity index (χ1v) is 8.88. The summed E-state index contributed by atoms with van der Waals surface area (Å²) in [6.07, 6.45) is 10.5. The molecule has 2 amide bonds. The number of rotatable bonds is 4. The first kappa shape index (κ1) is 16.9. The highest BCUT2D eigenvalue weighted by Gasteiger charge is 2.52. The van der Waals surface area contributed by atoms with Crippen molar-refractivity contribution in [2.24, 2.45) is 0 Å². The summed E-state index contributed by atoms with van der Waals surface area (Å²) in [5.41, 5.74) is 0.828. The minimum Gasteiger partial charge on any atom is -0.338 e. The summed E-state index contributed by atoms with van der Waals surface area (Å²) in [6, 6.07) is 0.127. The summed E-state index contributed by atoms with van der Waals surface area (Å²) < 4.78 is 0. The summed E-state index contributed by atoms with van der Waals surface area (Å²) in [7, 11) is 1.91. The van der Waals surface area contributed by atoms with E-state index in [0.29, 0.717) is 19.3 Å². The number of nitrogens with zero attached hydrogens (tertiary/aromatic N) is 4. The standard InChI is InChI=1S/C18H26N4O2/c1-3-15-18(9-7-16(23)21(18)2)8-4-10-22(15)17(24)6-5-14-11-19-13-20-12-14/h11-13,15H,3-10H2,1-2H3/t15-,18+/m1/s1. The molecule has 130 valence electrons. The molecule has 3 heterocycles. The van der Waals surface area contributed by atoms with Crippen LogP contribution < -0.4 is 0 Å². The minimum absolute atomic E-state index is 0.127. The van der Waals surface area contributed by atoms with E-state index in [0.717, 1.165) is 37.8 Å². The maximum atomic E-state index is 12.9. The summed E-state index contributed by atoms with van der Waals surface area (Å²) in [4.78, 5) is 36.9. The van der Waals surface area contributed by atoms with Crippen molar-refractivity contribution >= 4 is 11.8 Å². The molecule has 0 N–H and O–H groups in total. The highest BCUT2D eigenvalue weighted by atomic mass is 16.2. The van der Waals surface area contributed by atoms with Crippen LogP contribution in [0.2, 0.25) is 0 Å². The van der Waals surface area contributed by atoms with Gasteiger partial charge in [-0.25, -0.2) is 9.97 Å². The van der Waals surface area contributed by atoms with Gasteiger partial charge in [0.05, 0.1) is 11.6 Å². The third kappa shape index (κ3) is 2.89. The molecule has 0 radical (unpaired) electrons. The van der Waals surface area contributed by atoms with Gasteiger partial charge in [0.25, 0.3) is 0 Å². The highest BCUT2D eigenvalue weighted by molar-refractivity contribution is 5.81. The molecule has 0 aromatic carbocycles. The molecule has 0 bridgehead atoms. The van der Waals surface area contributed by atoms with Gasteiger partial charge >= 0.3 is 0 Å². The average molecular weight is 330 g/mol. The van der Waals surface area contributed by atoms with Crippen LogP contribution in [-0.2, 0) is 16.0 Å². The number of likely N-dealkylation sites (tertiary alicyclic amines) is 2. The Morgan fingerprint density at radius 2 is 2.08 bits per heavy atom. The van der Waals surface area contributed by atoms with Crippen molar-refractivity contribution in [2.45, 2.75) is 63.5 Å². The van der Waals surface area contributed by atoms with Gasteiger partial charge in [0.1, 0.15) is 6.33 Å². The van der Waals surface area contributed by atoms with E-state index in [1.807, 2.05) is 16.8 Å². The predicted molar refractivity (Wildman–Crippen MR) is 90.1 cm³/mol. The second kappa shape index (κ2) is 6.87. The summed E-state index contributed by atoms with van der Waals surface area (Å²) >= 11 is 0. The van der Waals surface area contributed by atoms with Gasteiger partial charge in [-0.05, 0) is 37.7 Å². The lowest BCUT2D eigenvalue weighted by molar-refractivity contribution is -0.144. The van der Waals surface area contributed by atoms with E-state index in [4.69, 9.17) is 0 Å². The van der Waals surface area contributed by atoms with E-state index < -0.39 is 0 Å². The number of aromatic nitrogens is 2. The number of likely N-dealkylation sites (N-methyl/N-ethyl adjacent to an activating group) is 1. The molecule has 2 aliphatic heterocycles. The highest BCUT2D eigenvalue weighted by Crippen LogP contribution is 2.42. The first-order chi connectivity index (χ1) is 11.6. The number of amides is 2. The molecule has 3 rings (SSSR count). The Hall–Kier alpha value is -1.98. The Balaban J connectivity index is 1.72. The van der Waals surface area contributed by atoms with Crippen molar-refractivity contribution in [2.75, 3.05) is 13.6 Å². The molecule has 0 aliphatic carbocycles. The molecular formula is C18H26N4O2. The van der Waals surface area contributed by atoms with Gasteiger partial charge in [-0.3, -0.25) is 9.59 Å². The average Bonchev–Trinajstić information content (AvgIpc) is 2.89. The minimum atomic E-state index is -0.157. The van der Waals surface area contributed by atoms with Gasteiger partial charge in [0, 0.05) is 38.8 Å². The van der Waals surface area contributed by atoms with Crippen LogP contribution in [0, 0.1) is 0 Å². The fourth-order valence-electron chi connectivity index (χ4n) is 4.51. The lowest BCUT2D eigenvalue weighted by Crippen LogP contribution is -2.63. The number of hydrogen-bond donors (Lipinski definition) is 0. The number of hydrogen-bond acceptors (Lipinski definition) is 4. The molecule has 2 fully saturated rings. The normalized spacial score (nSPS) is 27.1. The zero-order chi connectivity index (χ0) is 17.2. The molecule has 2 atom stereocenters. The van der Waals surface area contributed by atoms with E-state index in [1.165, 1.54) is 6.33 Å². The Bertz CT molecular complexity index is 606. The van der Waals surface area contributed by atoms with Crippen LogP contribution in [0.25, 0.3) is 0 Å². The van der Waals surface area contributed by atoms with E-state index in [2.05, 4.69) is 16.9 Å². The van der Waals surface area contributed by atoms with Crippen LogP contribution in [0.15, 0.2) is 18.7 Å². The second-order valence-electron chi connectivity index (χ2n) is 6.92. The number of aryl methyl sites for hydroxylation is 1. The summed E-state index contributed by atoms with van der Waals surface area (Å²) in [6.45, 7) is 2.92. The van der Waals surface area contributed by atoms with Gasteiger partial charge in [-0.2, -0.15) is 0 Å². The largest absolute Gasteiger partial charge is 0.338 e. The van der Waals surface area contributed by atoms with Gasteiger partial charge in [-0.15, -0.1) is 0 Å². The Morgan fingerprint density at radius 1 is 1.33 bits per heavy atom. The summed E-state index contributed by atoms with van der Waals surface area (Å²) in [5.74, 6) is 0.390. The van der Waals surface area contributed by atoms with E-state index in [9.17, 15) is 9.59 Å². The van der Waals surface area contributed by atoms with Crippen molar-refractivity contribution < 1.29 is 9.59 Å². The quantitative estimate of drug-likeness (QED) is 0.844. The zero-order valence-corrected chi connectivity index (χ0v) is 14.6. The van der Waals surface area contributed by atoms with Crippen LogP contribution >= 0.6 is 0 Å². The number of carbonyl (C=O) groups excluding carboxylic acids is 2. The Labute approximate surface area is 143 Å². The molecule has 6 nitrogen and oxygen atoms in total. The van der Waals surface area contributed by atoms with Crippen LogP contribution in [-0.4, -0.2) is 56.8 Å². The summed E-state index contributed by atoms with van der Waals surface area (Å²) in [5, 5.41) is 0. The van der Waals surface area contributed by atoms with E-state index in [1.54, 1.807) is 12.4 Å². The monoisotopic (exact) mass is 330 g/mol. The van der Waals surface area contributed by atoms with Gasteiger partial charge in [-0.1, -0.05) is 6.92 Å². The Kier molecular flexibility index (Phi) is 4.83. The van der Waals surface area contributed by atoms with Crippen molar-refractivity contribution in [1.29, 1.82) is 0 Å². The molecule has 1 spiro atoms. The van der Waals surface area contributed by atoms with Crippen molar-refractivity contribution in [3.63, 3.8) is 0 Å². The van der Waals surface area contributed by atoms with Crippen LogP contribution in [0.3, 0.4) is 0 Å². The van der Waals surface area contributed by atoms with Crippen molar-refractivity contribution in [3.05, 3.63) is 24.3 Å². The maximum Gasteiger partial charge on any atom is 0.223 e. The zero-order valence-electron chi connectivity index (χ0n) is 14.6. The SMILES string of the molecule is CC[C@H]1N(C(=O)CCc2cncnc2)CCC[C@]12CCC(=O)N2C. The third-order valence-electron chi connectivity index (χ3n) is 5.77. The molecule has 1 aromatic rings. The topological polar surface area (TPSA) is 66.4 Å². The van der Waals surface area contributed by atoms with E-state index >= 15 is 0 Å². The molecule has 24 heavy (non-hydrogen) atoms. The molecule has 0 unspecified atom stereocenters. The molecule has 6 heteroatoms. The molecule has 0 saturated carbocycles. The molecular weight excluding hydrogens is 304 g/mol. The molecule has 2 saturated heterocycles. The van der Waals surface area contributed by atoms with E-state index in [-0.39, 0.29) is 23.4 Å². The van der Waals surface area contributed by atoms with Crippen LogP contribution in [0.5, 0.6) is 0 Å². The maximum absolute atomic E-state index is 12.9. The van der Waals surface area contributed by atoms with Crippen LogP contribution in [0.4, 0.5) is 0 Å². The molecule has 1 aromatic heterocycles. The Morgan fingerprint density at radius 3 is 2.71 bits per heavy atom. The van der Waals surface area contributed by atoms with Gasteiger partial charge in [0.15, 0.2) is 0 Å². The van der Waals surface area contributed by atoms with Gasteiger partial charge < -0.3 is 9.80 Å². The second-order valence-corrected chi connectivity index (χ2v) is 6.92. The lowest BCUT2D eigenvalue weighted by atomic mass is 9.77. The lowest BCUT2D eigenvalue weighted by Gasteiger charge is -2.51. The smallest absolute Gasteiger partial charge is 0.223 e. The first-order valence-electron chi connectivity index (χ1n) is 8.88. The van der Waals surface area contributed by atoms with Gasteiger partial charge in [0.2, 0.25) is 11.8 Å². The van der Waals surface area contributed by atoms with Crippen molar-refractivity contribution in [1.82, 2.24) is 19.8 Å². The number of piperidine rings is 1. The fourth-order valence-corrected chi connectivity index (χ4v) is 4.51. The fraction of sp³-hybridized carbons (Fsp3) is 0.667. The van der Waals surface area contributed by atoms with Crippen LogP contribution in [0.1, 0.15) is 51.0 Å². The van der Waals surface area contributed by atoms with Crippen molar-refractivity contribution in [3.8, 4) is 0 Å². The predicted octanol–water partition coefficient (Wildman–Crippen LogP) is 1.80. The third-order valence-corrected chi connectivity index (χ3v) is 5.77. The number of carbonyl (C=O) groups is 2. The molecule has 2 aliphatic rings.